The SMILES string of the molecule is CS(=O)(=O)OO.[NaH]. The first-order valence-electron chi connectivity index (χ1n) is 1.09. The third kappa shape index (κ3) is 10.9. The van der Waals surface area contributed by atoms with Crippen LogP contribution in [0.15, 0.2) is 0 Å². The molecule has 0 saturated heterocycles. The van der Waals surface area contributed by atoms with Gasteiger partial charge in [-0.1, -0.05) is 0 Å². The Balaban J connectivity index is 0. The van der Waals surface area contributed by atoms with Crippen LogP contribution in [0.5, 0.6) is 0 Å². The van der Waals surface area contributed by atoms with Crippen molar-refractivity contribution in [2.24, 2.45) is 0 Å². The van der Waals surface area contributed by atoms with E-state index in [1.165, 1.54) is 0 Å². The van der Waals surface area contributed by atoms with Crippen LogP contribution in [0, 0.1) is 0 Å². The van der Waals surface area contributed by atoms with E-state index >= 15 is 0 Å². The Morgan fingerprint density at radius 3 is 1.71 bits per heavy atom. The van der Waals surface area contributed by atoms with Gasteiger partial charge in [-0.2, -0.15) is 8.42 Å². The molecule has 0 rings (SSSR count). The average Bonchev–Trinajstić information content (AvgIpc) is 1.35. The van der Waals surface area contributed by atoms with Crippen LogP contribution in [0.2, 0.25) is 0 Å². The van der Waals surface area contributed by atoms with Crippen molar-refractivity contribution in [2.45, 2.75) is 0 Å². The van der Waals surface area contributed by atoms with Gasteiger partial charge in [0.25, 0.3) is 10.1 Å². The van der Waals surface area contributed by atoms with Crippen LogP contribution in [0.3, 0.4) is 0 Å². The van der Waals surface area contributed by atoms with Crippen molar-refractivity contribution >= 4 is 39.7 Å². The van der Waals surface area contributed by atoms with Gasteiger partial charge in [-0.15, -0.1) is 4.33 Å². The molecule has 0 spiro atoms. The molecule has 0 radical (unpaired) electrons. The first kappa shape index (κ1) is 10.8. The third-order valence-corrected chi connectivity index (χ3v) is 0.406. The van der Waals surface area contributed by atoms with Gasteiger partial charge in [-0.25, -0.2) is 5.26 Å². The van der Waals surface area contributed by atoms with Gasteiger partial charge in [-0.3, -0.25) is 0 Å². The summed E-state index contributed by atoms with van der Waals surface area (Å²) in [6.45, 7) is 0. The minimum absolute atomic E-state index is 0. The maximum atomic E-state index is 9.53. The second-order valence-corrected chi connectivity index (χ2v) is 2.34. The Labute approximate surface area is 63.8 Å². The first-order chi connectivity index (χ1) is 2.56. The van der Waals surface area contributed by atoms with Crippen LogP contribution < -0.4 is 0 Å². The van der Waals surface area contributed by atoms with E-state index in [9.17, 15) is 8.42 Å². The summed E-state index contributed by atoms with van der Waals surface area (Å²) in [6.07, 6.45) is 0.743. The molecule has 0 atom stereocenters. The van der Waals surface area contributed by atoms with E-state index in [4.69, 9.17) is 5.26 Å². The van der Waals surface area contributed by atoms with Crippen molar-refractivity contribution < 1.29 is 18.0 Å². The fraction of sp³-hybridized carbons (Fsp3) is 1.00. The summed E-state index contributed by atoms with van der Waals surface area (Å²) in [4.78, 5) is 0. The Morgan fingerprint density at radius 1 is 1.57 bits per heavy atom. The number of rotatable bonds is 1. The molecule has 0 unspecified atom stereocenters. The Hall–Kier alpha value is 0.870. The molecule has 1 N–H and O–H groups in total. The van der Waals surface area contributed by atoms with Gasteiger partial charge in [0.15, 0.2) is 0 Å². The molecular formula is CH5NaO4S. The van der Waals surface area contributed by atoms with Crippen LogP contribution in [0.25, 0.3) is 0 Å². The molecule has 0 fully saturated rings. The Kier molecular flexibility index (Phi) is 5.89. The van der Waals surface area contributed by atoms with Crippen molar-refractivity contribution in [2.75, 3.05) is 6.26 Å². The zero-order valence-corrected chi connectivity index (χ0v) is 3.90. The van der Waals surface area contributed by atoms with Gasteiger partial charge in [0.05, 0.1) is 6.26 Å². The van der Waals surface area contributed by atoms with E-state index in [1.54, 1.807) is 0 Å². The van der Waals surface area contributed by atoms with Crippen molar-refractivity contribution in [1.82, 2.24) is 0 Å². The summed E-state index contributed by atoms with van der Waals surface area (Å²) in [5.41, 5.74) is 0. The monoisotopic (exact) mass is 136 g/mol. The van der Waals surface area contributed by atoms with E-state index in [1.807, 2.05) is 0 Å². The van der Waals surface area contributed by atoms with Gasteiger partial charge in [0.2, 0.25) is 0 Å². The summed E-state index contributed by atoms with van der Waals surface area (Å²) in [5.74, 6) is 0. The van der Waals surface area contributed by atoms with Crippen LogP contribution in [-0.4, -0.2) is 49.5 Å². The molecule has 0 amide bonds. The molecule has 0 bridgehead atoms. The fourth-order valence-electron chi connectivity index (χ4n) is 0. The molecule has 0 aromatic heterocycles. The number of hydrogen-bond donors (Lipinski definition) is 1. The van der Waals surface area contributed by atoms with Crippen LogP contribution in [0.4, 0.5) is 0 Å². The third-order valence-electron chi connectivity index (χ3n) is 0.135. The fourth-order valence-corrected chi connectivity index (χ4v) is 0. The van der Waals surface area contributed by atoms with Crippen molar-refractivity contribution in [3.63, 3.8) is 0 Å². The molecule has 7 heavy (non-hydrogen) atoms. The normalized spacial score (nSPS) is 10.0. The second kappa shape index (κ2) is 3.82. The summed E-state index contributed by atoms with van der Waals surface area (Å²) in [6, 6.07) is 0. The van der Waals surface area contributed by atoms with E-state index < -0.39 is 10.1 Å². The zero-order chi connectivity index (χ0) is 5.21. The Bertz CT molecular complexity index is 114. The van der Waals surface area contributed by atoms with E-state index in [2.05, 4.69) is 4.33 Å². The van der Waals surface area contributed by atoms with Crippen LogP contribution in [0.1, 0.15) is 0 Å². The molecule has 0 aliphatic carbocycles. The van der Waals surface area contributed by atoms with Gasteiger partial charge in [-0.05, 0) is 0 Å². The zero-order valence-electron chi connectivity index (χ0n) is 3.08. The molecule has 0 heterocycles. The molecule has 40 valence electrons. The molecule has 0 saturated carbocycles. The molecule has 4 nitrogen and oxygen atoms in total. The van der Waals surface area contributed by atoms with Crippen molar-refractivity contribution in [1.29, 1.82) is 0 Å². The molecule has 0 aliphatic heterocycles. The molecule has 6 heteroatoms. The quantitative estimate of drug-likeness (QED) is 0.279. The van der Waals surface area contributed by atoms with Crippen LogP contribution in [-0.2, 0) is 14.5 Å². The molecule has 0 aliphatic rings. The summed E-state index contributed by atoms with van der Waals surface area (Å²) >= 11 is 0. The van der Waals surface area contributed by atoms with Crippen LogP contribution >= 0.6 is 0 Å². The average molecular weight is 136 g/mol. The maximum absolute atomic E-state index is 9.53. The standard InChI is InChI=1S/CH4O4S.Na.H/c1-6(3,4)5-2;;/h2H,1H3;;. The topological polar surface area (TPSA) is 63.6 Å². The van der Waals surface area contributed by atoms with E-state index in [0.717, 1.165) is 6.26 Å². The van der Waals surface area contributed by atoms with Crippen molar-refractivity contribution in [3.8, 4) is 0 Å². The molecule has 0 aromatic carbocycles. The molecular weight excluding hydrogens is 131 g/mol. The second-order valence-electron chi connectivity index (χ2n) is 0.779. The van der Waals surface area contributed by atoms with Gasteiger partial charge in [0.1, 0.15) is 0 Å². The predicted molar refractivity (Wildman–Crippen MR) is 25.7 cm³/mol. The Morgan fingerprint density at radius 2 is 1.71 bits per heavy atom. The van der Waals surface area contributed by atoms with E-state index in [-0.39, 0.29) is 29.6 Å². The van der Waals surface area contributed by atoms with Crippen molar-refractivity contribution in [3.05, 3.63) is 0 Å². The first-order valence-corrected chi connectivity index (χ1v) is 2.91. The minimum atomic E-state index is -3.61. The summed E-state index contributed by atoms with van der Waals surface area (Å²) in [7, 11) is -3.61. The summed E-state index contributed by atoms with van der Waals surface area (Å²) < 4.78 is 22.0. The van der Waals surface area contributed by atoms with Gasteiger partial charge >= 0.3 is 29.6 Å². The number of hydrogen-bond acceptors (Lipinski definition) is 4. The van der Waals surface area contributed by atoms with Gasteiger partial charge in [0, 0.05) is 0 Å². The summed E-state index contributed by atoms with van der Waals surface area (Å²) in [5, 5.41) is 7.31. The van der Waals surface area contributed by atoms with Gasteiger partial charge < -0.3 is 0 Å². The molecule has 0 aromatic rings. The van der Waals surface area contributed by atoms with E-state index in [0.29, 0.717) is 0 Å². The predicted octanol–water partition coefficient (Wildman–Crippen LogP) is -1.21.